The number of carbonyl (C=O) groups excluding carboxylic acids is 1. The van der Waals surface area contributed by atoms with E-state index >= 15 is 0 Å². The highest BCUT2D eigenvalue weighted by molar-refractivity contribution is 5.83. The molecule has 2 aromatic rings. The molecule has 1 aliphatic heterocycles. The molecule has 1 aliphatic carbocycles. The van der Waals surface area contributed by atoms with Gasteiger partial charge in [-0.25, -0.2) is 0 Å². The predicted octanol–water partition coefficient (Wildman–Crippen LogP) is 5.48. The molecule has 9 heteroatoms. The van der Waals surface area contributed by atoms with Gasteiger partial charge in [0.15, 0.2) is 0 Å². The van der Waals surface area contributed by atoms with Crippen LogP contribution in [0.3, 0.4) is 0 Å². The van der Waals surface area contributed by atoms with E-state index in [1.165, 1.54) is 4.90 Å². The third-order valence-electron chi connectivity index (χ3n) is 6.18. The fourth-order valence-electron chi connectivity index (χ4n) is 4.26. The molecule has 1 saturated carbocycles. The number of nitrogens with zero attached hydrogens (tertiary/aromatic N) is 2. The zero-order valence-corrected chi connectivity index (χ0v) is 17.3. The number of halogens is 6. The number of amides is 1. The van der Waals surface area contributed by atoms with Crippen molar-refractivity contribution in [2.24, 2.45) is 5.92 Å². The van der Waals surface area contributed by atoms with E-state index in [0.717, 1.165) is 17.5 Å². The third kappa shape index (κ3) is 4.56. The largest absolute Gasteiger partial charge is 0.418 e. The van der Waals surface area contributed by atoms with Crippen LogP contribution in [0.5, 0.6) is 0 Å². The zero-order valence-electron chi connectivity index (χ0n) is 17.3. The molecule has 0 aromatic heterocycles. The summed E-state index contributed by atoms with van der Waals surface area (Å²) in [6, 6.07) is 9.45. The first kappa shape index (κ1) is 22.5. The van der Waals surface area contributed by atoms with Gasteiger partial charge in [-0.15, -0.1) is 0 Å². The van der Waals surface area contributed by atoms with E-state index in [-0.39, 0.29) is 43.9 Å². The molecule has 0 radical (unpaired) electrons. The number of carbonyl (C=O) groups is 1. The molecule has 1 amide bonds. The van der Waals surface area contributed by atoms with E-state index in [0.29, 0.717) is 18.2 Å². The SMILES string of the molecule is Cc1ccc([C@H]2C[C@H]2C(=O)N2CCN(c3cc(C(F)(F)F)ccc3C(F)(F)F)CC2)cc1. The monoisotopic (exact) mass is 456 g/mol. The van der Waals surface area contributed by atoms with Gasteiger partial charge in [-0.2, -0.15) is 26.3 Å². The Labute approximate surface area is 181 Å². The van der Waals surface area contributed by atoms with E-state index in [9.17, 15) is 31.1 Å². The summed E-state index contributed by atoms with van der Waals surface area (Å²) in [6.45, 7) is 2.40. The van der Waals surface area contributed by atoms with Crippen molar-refractivity contribution in [1.29, 1.82) is 0 Å². The first-order valence-corrected chi connectivity index (χ1v) is 10.3. The first-order valence-electron chi connectivity index (χ1n) is 10.3. The van der Waals surface area contributed by atoms with Gasteiger partial charge < -0.3 is 9.80 Å². The maximum Gasteiger partial charge on any atom is 0.418 e. The van der Waals surface area contributed by atoms with Crippen LogP contribution in [0.15, 0.2) is 42.5 Å². The van der Waals surface area contributed by atoms with Gasteiger partial charge in [0.2, 0.25) is 5.91 Å². The molecule has 2 fully saturated rings. The van der Waals surface area contributed by atoms with Crippen molar-refractivity contribution < 1.29 is 31.1 Å². The average molecular weight is 456 g/mol. The van der Waals surface area contributed by atoms with Gasteiger partial charge in [0.05, 0.1) is 11.1 Å². The van der Waals surface area contributed by atoms with Crippen molar-refractivity contribution in [3.8, 4) is 0 Å². The summed E-state index contributed by atoms with van der Waals surface area (Å²) in [6.07, 6.45) is -8.79. The van der Waals surface area contributed by atoms with Crippen LogP contribution in [0.4, 0.5) is 32.0 Å². The molecule has 0 spiro atoms. The number of aryl methyl sites for hydroxylation is 1. The molecule has 0 bridgehead atoms. The first-order chi connectivity index (χ1) is 14.9. The Morgan fingerprint density at radius 2 is 1.50 bits per heavy atom. The van der Waals surface area contributed by atoms with Crippen molar-refractivity contribution in [2.45, 2.75) is 31.6 Å². The molecular formula is C23H22F6N2O. The highest BCUT2D eigenvalue weighted by Gasteiger charge is 2.46. The topological polar surface area (TPSA) is 23.6 Å². The normalized spacial score (nSPS) is 21.6. The zero-order chi connectivity index (χ0) is 23.3. The molecule has 2 aromatic carbocycles. The number of hydrogen-bond donors (Lipinski definition) is 0. The van der Waals surface area contributed by atoms with Gasteiger partial charge in [0, 0.05) is 37.8 Å². The van der Waals surface area contributed by atoms with Gasteiger partial charge in [-0.3, -0.25) is 4.79 Å². The minimum atomic E-state index is -4.78. The van der Waals surface area contributed by atoms with Crippen molar-refractivity contribution in [3.05, 3.63) is 64.7 Å². The molecule has 0 unspecified atom stereocenters. The van der Waals surface area contributed by atoms with Gasteiger partial charge in [-0.1, -0.05) is 29.8 Å². The lowest BCUT2D eigenvalue weighted by atomic mass is 10.1. The van der Waals surface area contributed by atoms with Crippen molar-refractivity contribution in [1.82, 2.24) is 4.90 Å². The molecule has 4 rings (SSSR count). The molecule has 2 aliphatic rings. The standard InChI is InChI=1S/C23H22F6N2O/c1-14-2-4-15(5-3-14)17-13-18(17)21(32)31-10-8-30(9-11-31)20-12-16(22(24,25)26)6-7-19(20)23(27,28)29/h2-7,12,17-18H,8-11,13H2,1H3/t17-,18-/m1/s1. The predicted molar refractivity (Wildman–Crippen MR) is 107 cm³/mol. The number of piperazine rings is 1. The number of hydrogen-bond acceptors (Lipinski definition) is 2. The van der Waals surface area contributed by atoms with Crippen LogP contribution in [-0.4, -0.2) is 37.0 Å². The lowest BCUT2D eigenvalue weighted by Crippen LogP contribution is -2.49. The fraction of sp³-hybridized carbons (Fsp3) is 0.435. The van der Waals surface area contributed by atoms with Gasteiger partial charge in [0.25, 0.3) is 0 Å². The minimum absolute atomic E-state index is 0.0397. The number of benzene rings is 2. The minimum Gasteiger partial charge on any atom is -0.367 e. The summed E-state index contributed by atoms with van der Waals surface area (Å²) in [7, 11) is 0. The maximum absolute atomic E-state index is 13.4. The van der Waals surface area contributed by atoms with Crippen molar-refractivity contribution >= 4 is 11.6 Å². The summed E-state index contributed by atoms with van der Waals surface area (Å²) in [5.74, 6) is -0.0553. The van der Waals surface area contributed by atoms with E-state index in [1.807, 2.05) is 31.2 Å². The van der Waals surface area contributed by atoms with Crippen LogP contribution in [0.1, 0.15) is 34.6 Å². The number of alkyl halides is 6. The van der Waals surface area contributed by atoms with E-state index in [4.69, 9.17) is 0 Å². The van der Waals surface area contributed by atoms with E-state index in [1.54, 1.807) is 4.90 Å². The maximum atomic E-state index is 13.4. The fourth-order valence-corrected chi connectivity index (χ4v) is 4.26. The Kier molecular flexibility index (Phi) is 5.63. The Morgan fingerprint density at radius 3 is 2.06 bits per heavy atom. The summed E-state index contributed by atoms with van der Waals surface area (Å²) in [5.41, 5.74) is -0.513. The highest BCUT2D eigenvalue weighted by atomic mass is 19.4. The van der Waals surface area contributed by atoms with E-state index in [2.05, 4.69) is 0 Å². The van der Waals surface area contributed by atoms with Crippen LogP contribution in [0.25, 0.3) is 0 Å². The molecule has 3 nitrogen and oxygen atoms in total. The van der Waals surface area contributed by atoms with Crippen LogP contribution < -0.4 is 4.90 Å². The quantitative estimate of drug-likeness (QED) is 0.571. The molecule has 1 saturated heterocycles. The summed E-state index contributed by atoms with van der Waals surface area (Å²) >= 11 is 0. The lowest BCUT2D eigenvalue weighted by molar-refractivity contribution is -0.141. The molecular weight excluding hydrogens is 434 g/mol. The summed E-state index contributed by atoms with van der Waals surface area (Å²) < 4.78 is 79.4. The second kappa shape index (κ2) is 8.01. The Morgan fingerprint density at radius 1 is 0.875 bits per heavy atom. The van der Waals surface area contributed by atoms with Crippen molar-refractivity contribution in [2.75, 3.05) is 31.1 Å². The van der Waals surface area contributed by atoms with Crippen LogP contribution in [0, 0.1) is 12.8 Å². The van der Waals surface area contributed by atoms with Gasteiger partial charge in [-0.05, 0) is 43.0 Å². The Balaban J connectivity index is 1.45. The lowest BCUT2D eigenvalue weighted by Gasteiger charge is -2.37. The average Bonchev–Trinajstić information content (AvgIpc) is 3.53. The van der Waals surface area contributed by atoms with Crippen LogP contribution in [0.2, 0.25) is 0 Å². The summed E-state index contributed by atoms with van der Waals surface area (Å²) in [5, 5.41) is 0. The Bertz CT molecular complexity index is 991. The second-order valence-electron chi connectivity index (χ2n) is 8.40. The third-order valence-corrected chi connectivity index (χ3v) is 6.18. The number of rotatable bonds is 3. The second-order valence-corrected chi connectivity index (χ2v) is 8.40. The van der Waals surface area contributed by atoms with Gasteiger partial charge in [0.1, 0.15) is 0 Å². The molecule has 0 N–H and O–H groups in total. The molecule has 172 valence electrons. The van der Waals surface area contributed by atoms with Crippen molar-refractivity contribution in [3.63, 3.8) is 0 Å². The number of anilines is 1. The van der Waals surface area contributed by atoms with Crippen LogP contribution >= 0.6 is 0 Å². The molecule has 2 atom stereocenters. The van der Waals surface area contributed by atoms with E-state index < -0.39 is 29.2 Å². The highest BCUT2D eigenvalue weighted by Crippen LogP contribution is 2.48. The van der Waals surface area contributed by atoms with Crippen LogP contribution in [-0.2, 0) is 17.1 Å². The Hall–Kier alpha value is -2.71. The molecule has 1 heterocycles. The smallest absolute Gasteiger partial charge is 0.367 e. The summed E-state index contributed by atoms with van der Waals surface area (Å²) in [4.78, 5) is 15.7. The van der Waals surface area contributed by atoms with Gasteiger partial charge >= 0.3 is 12.4 Å². The molecule has 32 heavy (non-hydrogen) atoms.